The lowest BCUT2D eigenvalue weighted by atomic mass is 10.0. The van der Waals surface area contributed by atoms with Crippen molar-refractivity contribution in [3.8, 4) is 210 Å². The van der Waals surface area contributed by atoms with Crippen LogP contribution in [0.5, 0.6) is 103 Å². The summed E-state index contributed by atoms with van der Waals surface area (Å²) in [5, 5.41) is 0. The van der Waals surface area contributed by atoms with Crippen LogP contribution in [-0.2, 0) is 0 Å². The summed E-state index contributed by atoms with van der Waals surface area (Å²) < 4.78 is 104. The Balaban J connectivity index is 1.03. The Kier molecular flexibility index (Phi) is 27.9. The molecular weight excluding hydrogens is 1440 g/mol. The molecule has 0 N–H and O–H groups in total. The molecule has 0 unspecified atom stereocenters. The van der Waals surface area contributed by atoms with E-state index in [1.807, 2.05) is 18.2 Å². The molecule has 10 rings (SSSR count). The SMILES string of the molecule is COc1ccc(OC)c(C#Cc2cc(OC)c(C#Cc3cc(OC)c(C#Cc4cc(C#Cc5cc(OC)c(C#Cc6cc(OC)c(C#Cc7cc(OC)ccc7OC)cc6OC)cc5OC)cc(C#Cc5cc(OC)c(C#Cc6cc(OC)c(C#Cc7cc(OC)ccc7OC)cc6OC)cc5OC)c4)cc3OC)cc2OC)c1. The minimum atomic E-state index is 0.421. The van der Waals surface area contributed by atoms with Crippen molar-refractivity contribution in [1.82, 2.24) is 0 Å². The summed E-state index contributed by atoms with van der Waals surface area (Å²) in [6, 6.07) is 42.9. The van der Waals surface area contributed by atoms with Crippen molar-refractivity contribution in [3.63, 3.8) is 0 Å². The smallest absolute Gasteiger partial charge is 0.136 e. The van der Waals surface area contributed by atoms with Crippen LogP contribution < -0.4 is 85.3 Å². The van der Waals surface area contributed by atoms with Crippen molar-refractivity contribution in [1.29, 1.82) is 0 Å². The van der Waals surface area contributed by atoms with E-state index < -0.39 is 0 Å². The van der Waals surface area contributed by atoms with Crippen LogP contribution in [0.15, 0.2) is 146 Å². The van der Waals surface area contributed by atoms with Crippen LogP contribution in [-0.4, -0.2) is 128 Å². The summed E-state index contributed by atoms with van der Waals surface area (Å²) in [4.78, 5) is 0. The highest BCUT2D eigenvalue weighted by atomic mass is 16.5. The first-order valence-electron chi connectivity index (χ1n) is 34.6. The van der Waals surface area contributed by atoms with E-state index >= 15 is 0 Å². The molecule has 570 valence electrons. The fourth-order valence-corrected chi connectivity index (χ4v) is 11.4. The van der Waals surface area contributed by atoms with Crippen LogP contribution in [0.2, 0.25) is 0 Å². The molecule has 0 aromatic heterocycles. The fraction of sp³-hybridized carbons (Fsp3) is 0.188. The number of methoxy groups -OCH3 is 18. The summed E-state index contributed by atoms with van der Waals surface area (Å²) in [5.74, 6) is 67.5. The van der Waals surface area contributed by atoms with E-state index in [9.17, 15) is 0 Å². The molecular formula is C96H78O18. The minimum absolute atomic E-state index is 0.421. The van der Waals surface area contributed by atoms with Gasteiger partial charge in [-0.1, -0.05) is 107 Å². The fourth-order valence-electron chi connectivity index (χ4n) is 11.4. The lowest BCUT2D eigenvalue weighted by Crippen LogP contribution is -1.96. The van der Waals surface area contributed by atoms with Crippen LogP contribution in [0.25, 0.3) is 0 Å². The zero-order valence-electron chi connectivity index (χ0n) is 66.2. The molecule has 0 heterocycles. The third-order valence-corrected chi connectivity index (χ3v) is 17.3. The molecule has 114 heavy (non-hydrogen) atoms. The Bertz CT molecular complexity index is 5370. The maximum absolute atomic E-state index is 5.98. The van der Waals surface area contributed by atoms with E-state index in [1.54, 1.807) is 255 Å². The van der Waals surface area contributed by atoms with Crippen molar-refractivity contribution >= 4 is 0 Å². The number of benzene rings is 10. The van der Waals surface area contributed by atoms with E-state index in [-0.39, 0.29) is 0 Å². The van der Waals surface area contributed by atoms with Crippen molar-refractivity contribution in [2.75, 3.05) is 128 Å². The van der Waals surface area contributed by atoms with Crippen molar-refractivity contribution in [2.24, 2.45) is 0 Å². The third-order valence-electron chi connectivity index (χ3n) is 17.3. The molecule has 0 fully saturated rings. The number of hydrogen-bond donors (Lipinski definition) is 0. The van der Waals surface area contributed by atoms with Gasteiger partial charge in [0.25, 0.3) is 0 Å². The van der Waals surface area contributed by atoms with Crippen molar-refractivity contribution in [3.05, 3.63) is 246 Å². The van der Waals surface area contributed by atoms with Gasteiger partial charge in [-0.05, 0) is 72.8 Å². The van der Waals surface area contributed by atoms with E-state index in [0.717, 1.165) is 0 Å². The van der Waals surface area contributed by atoms with Crippen molar-refractivity contribution in [2.45, 2.75) is 0 Å². The molecule has 0 amide bonds. The molecule has 0 aliphatic rings. The zero-order valence-corrected chi connectivity index (χ0v) is 66.2. The van der Waals surface area contributed by atoms with Gasteiger partial charge in [0, 0.05) is 89.5 Å². The van der Waals surface area contributed by atoms with E-state index in [1.165, 1.54) is 0 Å². The second-order valence-electron chi connectivity index (χ2n) is 23.8. The first kappa shape index (κ1) is 81.2. The third kappa shape index (κ3) is 19.5. The molecule has 0 aliphatic heterocycles. The Morgan fingerprint density at radius 1 is 0.123 bits per heavy atom. The normalized spacial score (nSPS) is 9.74. The van der Waals surface area contributed by atoms with Gasteiger partial charge < -0.3 is 85.3 Å². The maximum atomic E-state index is 5.98. The van der Waals surface area contributed by atoms with Crippen molar-refractivity contribution < 1.29 is 85.3 Å². The molecule has 10 aromatic rings. The lowest BCUT2D eigenvalue weighted by Gasteiger charge is -2.10. The van der Waals surface area contributed by atoms with Crippen LogP contribution in [0, 0.1) is 107 Å². The monoisotopic (exact) mass is 1520 g/mol. The minimum Gasteiger partial charge on any atom is -0.497 e. The Labute approximate surface area is 665 Å². The highest BCUT2D eigenvalue weighted by molar-refractivity contribution is 5.70. The second kappa shape index (κ2) is 39.1. The Morgan fingerprint density at radius 2 is 0.246 bits per heavy atom. The molecule has 0 atom stereocenters. The van der Waals surface area contributed by atoms with Gasteiger partial charge in [-0.15, -0.1) is 0 Å². The first-order valence-corrected chi connectivity index (χ1v) is 34.6. The van der Waals surface area contributed by atoms with Gasteiger partial charge in [-0.3, -0.25) is 0 Å². The first-order chi connectivity index (χ1) is 55.6. The van der Waals surface area contributed by atoms with E-state index in [2.05, 4.69) is 107 Å². The van der Waals surface area contributed by atoms with Crippen LogP contribution in [0.4, 0.5) is 0 Å². The number of ether oxygens (including phenoxy) is 18. The number of rotatable bonds is 18. The van der Waals surface area contributed by atoms with Gasteiger partial charge >= 0.3 is 0 Å². The van der Waals surface area contributed by atoms with Gasteiger partial charge in [-0.2, -0.15) is 0 Å². The highest BCUT2D eigenvalue weighted by Gasteiger charge is 2.18. The van der Waals surface area contributed by atoms with Gasteiger partial charge in [-0.25, -0.2) is 0 Å². The molecule has 0 spiro atoms. The van der Waals surface area contributed by atoms with Gasteiger partial charge in [0.15, 0.2) is 0 Å². The standard InChI is InChI=1S/C96H78O18/c1-97-79-37-40-82(100-4)64(46-79)25-28-70-55-94(112-16)76(58-91(70)109-13)34-31-73-52-85(103-7)67(49-88(73)106-10)22-19-61-43-62(20-23-68-50-89(107-11)74(53-86(68)104-8)32-35-77-59-92(110-14)71(56-95(77)113-17)29-26-65-47-80(98-2)38-41-83(65)101-5)45-63(44-61)21-24-69-51-90(108-12)75(54-87(69)105-9)33-36-78-60-93(111-15)72(57-96(78)114-18)30-27-66-48-81(99-3)39-42-84(66)102-6/h37-60H,1-18H3. The molecule has 10 aromatic carbocycles. The summed E-state index contributed by atoms with van der Waals surface area (Å²) in [6.07, 6.45) is 0. The van der Waals surface area contributed by atoms with Crippen LogP contribution in [0.1, 0.15) is 100 Å². The second-order valence-corrected chi connectivity index (χ2v) is 23.8. The van der Waals surface area contributed by atoms with Gasteiger partial charge in [0.05, 0.1) is 211 Å². The topological polar surface area (TPSA) is 166 Å². The largest absolute Gasteiger partial charge is 0.497 e. The van der Waals surface area contributed by atoms with Gasteiger partial charge in [0.1, 0.15) is 103 Å². The van der Waals surface area contributed by atoms with Gasteiger partial charge in [0.2, 0.25) is 0 Å². The lowest BCUT2D eigenvalue weighted by molar-refractivity contribution is 0.400. The molecule has 0 saturated heterocycles. The Hall–Kier alpha value is -15.4. The summed E-state index contributed by atoms with van der Waals surface area (Å²) in [6.45, 7) is 0. The average Bonchev–Trinajstić information content (AvgIpc) is 0.817. The predicted octanol–water partition coefficient (Wildman–Crippen LogP) is 14.4. The zero-order chi connectivity index (χ0) is 81.2. The molecule has 0 bridgehead atoms. The molecule has 18 nitrogen and oxygen atoms in total. The molecule has 0 radical (unpaired) electrons. The average molecular weight is 1520 g/mol. The Morgan fingerprint density at radius 3 is 0.368 bits per heavy atom. The predicted molar refractivity (Wildman–Crippen MR) is 436 cm³/mol. The maximum Gasteiger partial charge on any atom is 0.136 e. The molecule has 0 aliphatic carbocycles. The highest BCUT2D eigenvalue weighted by Crippen LogP contribution is 2.37. The summed E-state index contributed by atoms with van der Waals surface area (Å²) in [5.41, 5.74) is 9.80. The quantitative estimate of drug-likeness (QED) is 0.0744. The molecule has 0 saturated carbocycles. The number of hydrogen-bond acceptors (Lipinski definition) is 18. The molecule has 18 heteroatoms. The summed E-state index contributed by atoms with van der Waals surface area (Å²) in [7, 11) is 28.2. The summed E-state index contributed by atoms with van der Waals surface area (Å²) >= 11 is 0. The van der Waals surface area contributed by atoms with Crippen LogP contribution in [0.3, 0.4) is 0 Å². The van der Waals surface area contributed by atoms with E-state index in [4.69, 9.17) is 85.3 Å². The van der Waals surface area contributed by atoms with Crippen LogP contribution >= 0.6 is 0 Å². The van der Waals surface area contributed by atoms with E-state index in [0.29, 0.717) is 204 Å².